The Morgan fingerprint density at radius 3 is 3.10 bits per heavy atom. The van der Waals surface area contributed by atoms with Gasteiger partial charge in [0.15, 0.2) is 0 Å². The predicted molar refractivity (Wildman–Crippen MR) is 83.0 cm³/mol. The Labute approximate surface area is 122 Å². The second-order valence-electron chi connectivity index (χ2n) is 6.09. The van der Waals surface area contributed by atoms with Crippen LogP contribution in [-0.4, -0.2) is 38.3 Å². The molecule has 1 aliphatic rings. The SMILES string of the molecule is COCC1CCN(c2cnccc2CNCC(C)C)C1. The molecule has 1 aromatic heterocycles. The number of rotatable bonds is 7. The third-order valence-electron chi connectivity index (χ3n) is 3.78. The van der Waals surface area contributed by atoms with Crippen LogP contribution in [0.2, 0.25) is 0 Å². The lowest BCUT2D eigenvalue weighted by Crippen LogP contribution is -2.25. The minimum Gasteiger partial charge on any atom is -0.384 e. The van der Waals surface area contributed by atoms with Crippen LogP contribution in [0.1, 0.15) is 25.8 Å². The van der Waals surface area contributed by atoms with E-state index >= 15 is 0 Å². The Kier molecular flexibility index (Phi) is 5.80. The van der Waals surface area contributed by atoms with Crippen LogP contribution in [0.4, 0.5) is 5.69 Å². The maximum Gasteiger partial charge on any atom is 0.0598 e. The lowest BCUT2D eigenvalue weighted by atomic mass is 10.1. The minimum absolute atomic E-state index is 0.650. The molecule has 112 valence electrons. The molecule has 0 saturated carbocycles. The molecule has 1 aliphatic heterocycles. The van der Waals surface area contributed by atoms with Crippen molar-refractivity contribution >= 4 is 5.69 Å². The molecule has 1 saturated heterocycles. The fraction of sp³-hybridized carbons (Fsp3) is 0.688. The van der Waals surface area contributed by atoms with Crippen molar-refractivity contribution in [2.75, 3.05) is 38.3 Å². The van der Waals surface area contributed by atoms with Gasteiger partial charge in [-0.2, -0.15) is 0 Å². The first-order valence-electron chi connectivity index (χ1n) is 7.58. The first-order valence-corrected chi connectivity index (χ1v) is 7.58. The molecule has 2 rings (SSSR count). The average Bonchev–Trinajstić information content (AvgIpc) is 2.88. The van der Waals surface area contributed by atoms with E-state index in [0.717, 1.165) is 32.8 Å². The van der Waals surface area contributed by atoms with Crippen molar-refractivity contribution in [3.8, 4) is 0 Å². The summed E-state index contributed by atoms with van der Waals surface area (Å²) in [5.74, 6) is 1.33. The molecule has 0 bridgehead atoms. The maximum absolute atomic E-state index is 5.28. The summed E-state index contributed by atoms with van der Waals surface area (Å²) in [6.45, 7) is 9.48. The van der Waals surface area contributed by atoms with Crippen molar-refractivity contribution in [1.29, 1.82) is 0 Å². The number of methoxy groups -OCH3 is 1. The van der Waals surface area contributed by atoms with E-state index in [1.807, 2.05) is 12.4 Å². The zero-order chi connectivity index (χ0) is 14.4. The van der Waals surface area contributed by atoms with E-state index in [4.69, 9.17) is 4.74 Å². The summed E-state index contributed by atoms with van der Waals surface area (Å²) in [4.78, 5) is 6.75. The van der Waals surface area contributed by atoms with Crippen LogP contribution in [0.5, 0.6) is 0 Å². The van der Waals surface area contributed by atoms with Crippen molar-refractivity contribution in [3.63, 3.8) is 0 Å². The normalized spacial score (nSPS) is 19.0. The molecule has 1 fully saturated rings. The zero-order valence-corrected chi connectivity index (χ0v) is 12.9. The first-order chi connectivity index (χ1) is 9.70. The predicted octanol–water partition coefficient (Wildman–Crippen LogP) is 2.30. The van der Waals surface area contributed by atoms with Crippen LogP contribution in [0.25, 0.3) is 0 Å². The van der Waals surface area contributed by atoms with Gasteiger partial charge in [-0.3, -0.25) is 4.98 Å². The molecule has 0 amide bonds. The Balaban J connectivity index is 1.97. The van der Waals surface area contributed by atoms with Gasteiger partial charge in [0, 0.05) is 38.9 Å². The number of nitrogens with one attached hydrogen (secondary N) is 1. The van der Waals surface area contributed by atoms with Crippen molar-refractivity contribution in [2.24, 2.45) is 11.8 Å². The Morgan fingerprint density at radius 2 is 2.35 bits per heavy atom. The van der Waals surface area contributed by atoms with E-state index in [0.29, 0.717) is 11.8 Å². The van der Waals surface area contributed by atoms with E-state index in [2.05, 4.69) is 35.1 Å². The number of nitrogens with zero attached hydrogens (tertiary/aromatic N) is 2. The van der Waals surface area contributed by atoms with Crippen LogP contribution in [0.3, 0.4) is 0 Å². The van der Waals surface area contributed by atoms with Gasteiger partial charge in [-0.1, -0.05) is 13.8 Å². The lowest BCUT2D eigenvalue weighted by Gasteiger charge is -2.22. The number of ether oxygens (including phenoxy) is 1. The Morgan fingerprint density at radius 1 is 1.50 bits per heavy atom. The van der Waals surface area contributed by atoms with Crippen molar-refractivity contribution in [2.45, 2.75) is 26.8 Å². The summed E-state index contributed by atoms with van der Waals surface area (Å²) < 4.78 is 5.28. The van der Waals surface area contributed by atoms with E-state index < -0.39 is 0 Å². The van der Waals surface area contributed by atoms with E-state index in [1.54, 1.807) is 7.11 Å². The first kappa shape index (κ1) is 15.3. The van der Waals surface area contributed by atoms with E-state index in [-0.39, 0.29) is 0 Å². The topological polar surface area (TPSA) is 37.4 Å². The molecule has 4 nitrogen and oxygen atoms in total. The molecule has 20 heavy (non-hydrogen) atoms. The highest BCUT2D eigenvalue weighted by Crippen LogP contribution is 2.26. The summed E-state index contributed by atoms with van der Waals surface area (Å²) in [6.07, 6.45) is 5.10. The Hall–Kier alpha value is -1.13. The fourth-order valence-corrected chi connectivity index (χ4v) is 2.77. The molecule has 2 heterocycles. The molecule has 4 heteroatoms. The van der Waals surface area contributed by atoms with Crippen LogP contribution in [0, 0.1) is 11.8 Å². The monoisotopic (exact) mass is 277 g/mol. The lowest BCUT2D eigenvalue weighted by molar-refractivity contribution is 0.161. The highest BCUT2D eigenvalue weighted by atomic mass is 16.5. The summed E-state index contributed by atoms with van der Waals surface area (Å²) in [5.41, 5.74) is 2.63. The second kappa shape index (κ2) is 7.60. The molecule has 0 radical (unpaired) electrons. The number of anilines is 1. The van der Waals surface area contributed by atoms with Gasteiger partial charge in [0.05, 0.1) is 18.5 Å². The van der Waals surface area contributed by atoms with Gasteiger partial charge in [0.1, 0.15) is 0 Å². The van der Waals surface area contributed by atoms with Crippen molar-refractivity contribution in [3.05, 3.63) is 24.0 Å². The second-order valence-corrected chi connectivity index (χ2v) is 6.09. The van der Waals surface area contributed by atoms with Crippen molar-refractivity contribution < 1.29 is 4.74 Å². The number of aromatic nitrogens is 1. The van der Waals surface area contributed by atoms with Gasteiger partial charge in [-0.15, -0.1) is 0 Å². The molecule has 0 spiro atoms. The number of hydrogen-bond donors (Lipinski definition) is 1. The molecular weight excluding hydrogens is 250 g/mol. The van der Waals surface area contributed by atoms with Crippen LogP contribution < -0.4 is 10.2 Å². The number of hydrogen-bond acceptors (Lipinski definition) is 4. The smallest absolute Gasteiger partial charge is 0.0598 e. The van der Waals surface area contributed by atoms with Gasteiger partial charge >= 0.3 is 0 Å². The number of pyridine rings is 1. The highest BCUT2D eigenvalue weighted by molar-refractivity contribution is 5.52. The zero-order valence-electron chi connectivity index (χ0n) is 12.9. The van der Waals surface area contributed by atoms with Gasteiger partial charge in [0.2, 0.25) is 0 Å². The molecular formula is C16H27N3O. The molecule has 0 aliphatic carbocycles. The molecule has 1 atom stereocenters. The third kappa shape index (κ3) is 4.18. The standard InChI is InChI=1S/C16H27N3O/c1-13(2)8-18-9-15-4-6-17-10-16(15)19-7-5-14(11-19)12-20-3/h4,6,10,13-14,18H,5,7-9,11-12H2,1-3H3. The molecule has 0 aromatic carbocycles. The quantitative estimate of drug-likeness (QED) is 0.830. The summed E-state index contributed by atoms with van der Waals surface area (Å²) in [5, 5.41) is 3.52. The van der Waals surface area contributed by atoms with E-state index in [1.165, 1.54) is 17.7 Å². The van der Waals surface area contributed by atoms with E-state index in [9.17, 15) is 0 Å². The largest absolute Gasteiger partial charge is 0.384 e. The summed E-state index contributed by atoms with van der Waals surface area (Å²) >= 11 is 0. The van der Waals surface area contributed by atoms with Gasteiger partial charge in [-0.05, 0) is 30.5 Å². The third-order valence-corrected chi connectivity index (χ3v) is 3.78. The maximum atomic E-state index is 5.28. The Bertz CT molecular complexity index is 408. The molecule has 1 unspecified atom stereocenters. The summed E-state index contributed by atoms with van der Waals surface area (Å²) in [7, 11) is 1.79. The summed E-state index contributed by atoms with van der Waals surface area (Å²) in [6, 6.07) is 2.13. The van der Waals surface area contributed by atoms with Gasteiger partial charge in [0.25, 0.3) is 0 Å². The molecule has 1 aromatic rings. The molecule has 1 N–H and O–H groups in total. The van der Waals surface area contributed by atoms with Gasteiger partial charge in [-0.25, -0.2) is 0 Å². The van der Waals surface area contributed by atoms with Crippen molar-refractivity contribution in [1.82, 2.24) is 10.3 Å². The van der Waals surface area contributed by atoms with Crippen LogP contribution >= 0.6 is 0 Å². The van der Waals surface area contributed by atoms with Crippen LogP contribution in [-0.2, 0) is 11.3 Å². The van der Waals surface area contributed by atoms with Gasteiger partial charge < -0.3 is 15.0 Å². The fourth-order valence-electron chi connectivity index (χ4n) is 2.77. The highest BCUT2D eigenvalue weighted by Gasteiger charge is 2.24. The minimum atomic E-state index is 0.650. The van der Waals surface area contributed by atoms with Crippen LogP contribution in [0.15, 0.2) is 18.5 Å². The average molecular weight is 277 g/mol.